The Morgan fingerprint density at radius 2 is 2.00 bits per heavy atom. The maximum atomic E-state index is 12.5. The minimum absolute atomic E-state index is 0.129. The predicted octanol–water partition coefficient (Wildman–Crippen LogP) is 4.50. The summed E-state index contributed by atoms with van der Waals surface area (Å²) in [5.41, 5.74) is 2.66. The van der Waals surface area contributed by atoms with Crippen LogP contribution in [0.15, 0.2) is 48.8 Å². The van der Waals surface area contributed by atoms with Crippen molar-refractivity contribution in [1.29, 1.82) is 0 Å². The molecule has 0 aliphatic rings. The molecule has 1 amide bonds. The molecule has 0 saturated heterocycles. The molecule has 0 aliphatic heterocycles. The van der Waals surface area contributed by atoms with Gasteiger partial charge >= 0.3 is 0 Å². The third-order valence-corrected chi connectivity index (χ3v) is 4.58. The SMILES string of the molecule is CCCCCCn1c(C(C)NC(=O)c2cccnc2)nc2ccccc21. The Kier molecular flexibility index (Phi) is 6.00. The quantitative estimate of drug-likeness (QED) is 0.608. The number of benzene rings is 1. The number of hydrogen-bond donors (Lipinski definition) is 1. The summed E-state index contributed by atoms with van der Waals surface area (Å²) >= 11 is 0. The lowest BCUT2D eigenvalue weighted by Crippen LogP contribution is -2.28. The highest BCUT2D eigenvalue weighted by Crippen LogP contribution is 2.22. The summed E-state index contributed by atoms with van der Waals surface area (Å²) in [5, 5.41) is 3.05. The van der Waals surface area contributed by atoms with Gasteiger partial charge in [0.2, 0.25) is 0 Å². The Hall–Kier alpha value is -2.69. The van der Waals surface area contributed by atoms with E-state index >= 15 is 0 Å². The number of nitrogens with zero attached hydrogens (tertiary/aromatic N) is 3. The normalized spacial score (nSPS) is 12.2. The fourth-order valence-corrected chi connectivity index (χ4v) is 3.20. The van der Waals surface area contributed by atoms with E-state index in [4.69, 9.17) is 4.98 Å². The first-order valence-corrected chi connectivity index (χ1v) is 9.36. The van der Waals surface area contributed by atoms with Crippen LogP contribution in [0.5, 0.6) is 0 Å². The number of pyridine rings is 1. The molecular formula is C21H26N4O. The van der Waals surface area contributed by atoms with Crippen LogP contribution in [0, 0.1) is 0 Å². The highest BCUT2D eigenvalue weighted by molar-refractivity contribution is 5.94. The first-order chi connectivity index (χ1) is 12.7. The molecule has 1 unspecified atom stereocenters. The zero-order valence-electron chi connectivity index (χ0n) is 15.5. The Morgan fingerprint density at radius 1 is 1.15 bits per heavy atom. The van der Waals surface area contributed by atoms with E-state index in [1.807, 2.05) is 25.1 Å². The molecule has 0 bridgehead atoms. The average Bonchev–Trinajstić information content (AvgIpc) is 3.05. The van der Waals surface area contributed by atoms with Gasteiger partial charge in [-0.05, 0) is 37.6 Å². The second kappa shape index (κ2) is 8.61. The first-order valence-electron chi connectivity index (χ1n) is 9.36. The Bertz CT molecular complexity index is 857. The van der Waals surface area contributed by atoms with Crippen molar-refractivity contribution < 1.29 is 4.79 Å². The monoisotopic (exact) mass is 350 g/mol. The molecule has 1 N–H and O–H groups in total. The van der Waals surface area contributed by atoms with E-state index in [0.29, 0.717) is 5.56 Å². The lowest BCUT2D eigenvalue weighted by Gasteiger charge is -2.16. The number of imidazole rings is 1. The zero-order valence-corrected chi connectivity index (χ0v) is 15.5. The fourth-order valence-electron chi connectivity index (χ4n) is 3.20. The van der Waals surface area contributed by atoms with Crippen LogP contribution in [0.25, 0.3) is 11.0 Å². The molecule has 5 nitrogen and oxygen atoms in total. The van der Waals surface area contributed by atoms with Gasteiger partial charge < -0.3 is 9.88 Å². The van der Waals surface area contributed by atoms with Gasteiger partial charge in [0, 0.05) is 18.9 Å². The molecule has 3 aromatic rings. The molecule has 0 fully saturated rings. The number of hydrogen-bond acceptors (Lipinski definition) is 3. The second-order valence-electron chi connectivity index (χ2n) is 6.61. The van der Waals surface area contributed by atoms with Crippen LogP contribution in [-0.2, 0) is 6.54 Å². The van der Waals surface area contributed by atoms with Crippen molar-refractivity contribution >= 4 is 16.9 Å². The van der Waals surface area contributed by atoms with Crippen molar-refractivity contribution in [1.82, 2.24) is 19.9 Å². The van der Waals surface area contributed by atoms with E-state index in [1.165, 1.54) is 19.3 Å². The Morgan fingerprint density at radius 3 is 2.77 bits per heavy atom. The topological polar surface area (TPSA) is 59.8 Å². The molecule has 2 aromatic heterocycles. The van der Waals surface area contributed by atoms with Crippen molar-refractivity contribution in [2.24, 2.45) is 0 Å². The van der Waals surface area contributed by atoms with E-state index in [0.717, 1.165) is 29.8 Å². The fraction of sp³-hybridized carbons (Fsp3) is 0.381. The molecule has 0 aliphatic carbocycles. The Labute approximate surface area is 154 Å². The summed E-state index contributed by atoms with van der Waals surface area (Å²) < 4.78 is 2.25. The van der Waals surface area contributed by atoms with Crippen LogP contribution in [0.4, 0.5) is 0 Å². The second-order valence-corrected chi connectivity index (χ2v) is 6.61. The molecule has 0 radical (unpaired) electrons. The van der Waals surface area contributed by atoms with Gasteiger partial charge in [-0.25, -0.2) is 4.98 Å². The molecule has 1 aromatic carbocycles. The van der Waals surface area contributed by atoms with Gasteiger partial charge in [0.25, 0.3) is 5.91 Å². The van der Waals surface area contributed by atoms with Gasteiger partial charge in [0.1, 0.15) is 5.82 Å². The number of aromatic nitrogens is 3. The van der Waals surface area contributed by atoms with Crippen LogP contribution in [0.3, 0.4) is 0 Å². The van der Waals surface area contributed by atoms with Gasteiger partial charge in [-0.15, -0.1) is 0 Å². The number of aryl methyl sites for hydroxylation is 1. The summed E-state index contributed by atoms with van der Waals surface area (Å²) in [5.74, 6) is 0.773. The van der Waals surface area contributed by atoms with Crippen LogP contribution in [0.2, 0.25) is 0 Å². The molecular weight excluding hydrogens is 324 g/mol. The maximum Gasteiger partial charge on any atom is 0.253 e. The average molecular weight is 350 g/mol. The number of amides is 1. The van der Waals surface area contributed by atoms with E-state index in [-0.39, 0.29) is 11.9 Å². The molecule has 3 rings (SSSR count). The minimum Gasteiger partial charge on any atom is -0.342 e. The highest BCUT2D eigenvalue weighted by Gasteiger charge is 2.18. The molecule has 0 spiro atoms. The van der Waals surface area contributed by atoms with Crippen molar-refractivity contribution in [2.75, 3.05) is 0 Å². The lowest BCUT2D eigenvalue weighted by molar-refractivity contribution is 0.0937. The Balaban J connectivity index is 1.82. The molecule has 136 valence electrons. The lowest BCUT2D eigenvalue weighted by atomic mass is 10.2. The maximum absolute atomic E-state index is 12.5. The number of fused-ring (bicyclic) bond motifs is 1. The van der Waals surface area contributed by atoms with Gasteiger partial charge in [-0.1, -0.05) is 38.3 Å². The molecule has 26 heavy (non-hydrogen) atoms. The van der Waals surface area contributed by atoms with Gasteiger partial charge in [-0.3, -0.25) is 9.78 Å². The summed E-state index contributed by atoms with van der Waals surface area (Å²) in [6.07, 6.45) is 8.03. The van der Waals surface area contributed by atoms with E-state index in [9.17, 15) is 4.79 Å². The molecule has 1 atom stereocenters. The van der Waals surface area contributed by atoms with Crippen molar-refractivity contribution in [2.45, 2.75) is 52.1 Å². The minimum atomic E-state index is -0.179. The summed E-state index contributed by atoms with van der Waals surface area (Å²) in [6, 6.07) is 11.5. The van der Waals surface area contributed by atoms with Crippen LogP contribution in [0.1, 0.15) is 61.8 Å². The van der Waals surface area contributed by atoms with Crippen LogP contribution >= 0.6 is 0 Å². The van der Waals surface area contributed by atoms with Crippen LogP contribution < -0.4 is 5.32 Å². The number of carbonyl (C=O) groups excluding carboxylic acids is 1. The smallest absolute Gasteiger partial charge is 0.253 e. The third kappa shape index (κ3) is 4.10. The number of unbranched alkanes of at least 4 members (excludes halogenated alkanes) is 3. The summed E-state index contributed by atoms with van der Waals surface area (Å²) in [7, 11) is 0. The molecule has 5 heteroatoms. The summed E-state index contributed by atoms with van der Waals surface area (Å²) in [4.78, 5) is 21.3. The molecule has 0 saturated carbocycles. The summed E-state index contributed by atoms with van der Waals surface area (Å²) in [6.45, 7) is 5.12. The highest BCUT2D eigenvalue weighted by atomic mass is 16.1. The third-order valence-electron chi connectivity index (χ3n) is 4.58. The number of nitrogens with one attached hydrogen (secondary N) is 1. The van der Waals surface area contributed by atoms with Crippen molar-refractivity contribution in [3.05, 3.63) is 60.2 Å². The van der Waals surface area contributed by atoms with E-state index in [2.05, 4.69) is 27.9 Å². The number of carbonyl (C=O) groups is 1. The van der Waals surface area contributed by atoms with E-state index < -0.39 is 0 Å². The van der Waals surface area contributed by atoms with Gasteiger partial charge in [0.05, 0.1) is 22.6 Å². The van der Waals surface area contributed by atoms with Gasteiger partial charge in [-0.2, -0.15) is 0 Å². The standard InChI is InChI=1S/C21H26N4O/c1-3-4-5-8-14-25-19-12-7-6-11-18(19)24-20(25)16(2)23-21(26)17-10-9-13-22-15-17/h6-7,9-13,15-16H,3-5,8,14H2,1-2H3,(H,23,26). The van der Waals surface area contributed by atoms with Gasteiger partial charge in [0.15, 0.2) is 0 Å². The van der Waals surface area contributed by atoms with E-state index in [1.54, 1.807) is 24.5 Å². The predicted molar refractivity (Wildman–Crippen MR) is 104 cm³/mol. The largest absolute Gasteiger partial charge is 0.342 e. The van der Waals surface area contributed by atoms with Crippen molar-refractivity contribution in [3.63, 3.8) is 0 Å². The molecule has 2 heterocycles. The van der Waals surface area contributed by atoms with Crippen molar-refractivity contribution in [3.8, 4) is 0 Å². The van der Waals surface area contributed by atoms with Crippen LogP contribution in [-0.4, -0.2) is 20.4 Å². The first kappa shape index (κ1) is 18.1. The number of para-hydroxylation sites is 2. The number of rotatable bonds is 8. The zero-order chi connectivity index (χ0) is 18.4.